The van der Waals surface area contributed by atoms with Crippen molar-refractivity contribution in [3.05, 3.63) is 29.6 Å². The van der Waals surface area contributed by atoms with Crippen LogP contribution in [0.15, 0.2) is 18.3 Å². The number of pyridine rings is 1. The molecule has 7 nitrogen and oxygen atoms in total. The molecule has 1 aromatic heterocycles. The van der Waals surface area contributed by atoms with Crippen LogP contribution in [-0.4, -0.2) is 71.7 Å². The molecule has 3 aliphatic heterocycles. The van der Waals surface area contributed by atoms with Crippen molar-refractivity contribution in [3.8, 4) is 0 Å². The van der Waals surface area contributed by atoms with Gasteiger partial charge in [-0.15, -0.1) is 0 Å². The smallest absolute Gasteiger partial charge is 0.369 e. The number of amides is 3. The molecule has 4 aliphatic rings. The molecule has 0 bridgehead atoms. The molecule has 3 amide bonds. The monoisotopic (exact) mass is 424 g/mol. The summed E-state index contributed by atoms with van der Waals surface area (Å²) in [4.78, 5) is 31.2. The summed E-state index contributed by atoms with van der Waals surface area (Å²) in [5, 5.41) is 2.92. The van der Waals surface area contributed by atoms with Crippen LogP contribution in [0.25, 0.3) is 0 Å². The zero-order chi connectivity index (χ0) is 21.1. The van der Waals surface area contributed by atoms with E-state index in [-0.39, 0.29) is 24.0 Å². The summed E-state index contributed by atoms with van der Waals surface area (Å²) >= 11 is 0. The van der Waals surface area contributed by atoms with Gasteiger partial charge in [-0.05, 0) is 36.8 Å². The molecule has 0 atom stereocenters. The predicted molar refractivity (Wildman–Crippen MR) is 98.3 cm³/mol. The lowest BCUT2D eigenvalue weighted by Crippen LogP contribution is -2.78. The van der Waals surface area contributed by atoms with Crippen LogP contribution in [0, 0.1) is 11.3 Å². The number of likely N-dealkylation sites (tertiary alicyclic amines) is 2. The van der Waals surface area contributed by atoms with Crippen LogP contribution >= 0.6 is 0 Å². The molecule has 5 rings (SSSR count). The number of halogens is 3. The van der Waals surface area contributed by atoms with Gasteiger partial charge in [0.1, 0.15) is 12.3 Å². The number of carbonyl (C=O) groups is 2. The van der Waals surface area contributed by atoms with E-state index in [4.69, 9.17) is 4.74 Å². The van der Waals surface area contributed by atoms with Gasteiger partial charge in [0.15, 0.2) is 0 Å². The number of rotatable bonds is 2. The first-order chi connectivity index (χ1) is 14.2. The van der Waals surface area contributed by atoms with E-state index < -0.39 is 17.4 Å². The number of morpholine rings is 1. The lowest BCUT2D eigenvalue weighted by atomic mass is 9.56. The Kier molecular flexibility index (Phi) is 4.29. The van der Waals surface area contributed by atoms with E-state index in [9.17, 15) is 22.8 Å². The number of ether oxygens (including phenoxy) is 1. The average Bonchev–Trinajstić information content (AvgIpc) is 2.59. The second kappa shape index (κ2) is 6.57. The average molecular weight is 424 g/mol. The second-order valence-corrected chi connectivity index (χ2v) is 9.34. The highest BCUT2D eigenvalue weighted by Gasteiger charge is 2.56. The van der Waals surface area contributed by atoms with Crippen molar-refractivity contribution in [2.24, 2.45) is 11.3 Å². The number of urea groups is 1. The van der Waals surface area contributed by atoms with Gasteiger partial charge in [0.05, 0.1) is 12.1 Å². The van der Waals surface area contributed by atoms with Crippen LogP contribution in [0.4, 0.5) is 18.0 Å². The number of carbonyl (C=O) groups excluding carboxylic acids is 2. The fourth-order valence-electron chi connectivity index (χ4n) is 5.41. The molecule has 162 valence electrons. The topological polar surface area (TPSA) is 74.8 Å². The summed E-state index contributed by atoms with van der Waals surface area (Å²) in [5.41, 5.74) is -0.316. The molecule has 4 heterocycles. The van der Waals surface area contributed by atoms with Crippen LogP contribution < -0.4 is 5.32 Å². The molecule has 10 heteroatoms. The lowest BCUT2D eigenvalue weighted by molar-refractivity contribution is -0.143. The van der Waals surface area contributed by atoms with E-state index in [2.05, 4.69) is 10.3 Å². The zero-order valence-corrected chi connectivity index (χ0v) is 16.4. The zero-order valence-electron chi connectivity index (χ0n) is 16.4. The third-order valence-electron chi connectivity index (χ3n) is 6.68. The van der Waals surface area contributed by atoms with Crippen LogP contribution in [0.3, 0.4) is 0 Å². The van der Waals surface area contributed by atoms with Gasteiger partial charge in [0.2, 0.25) is 5.91 Å². The minimum absolute atomic E-state index is 0.00135. The summed E-state index contributed by atoms with van der Waals surface area (Å²) < 4.78 is 43.1. The third-order valence-corrected chi connectivity index (χ3v) is 6.68. The second-order valence-electron chi connectivity index (χ2n) is 9.34. The molecule has 1 aliphatic carbocycles. The van der Waals surface area contributed by atoms with E-state index in [1.165, 1.54) is 12.3 Å². The molecule has 1 aromatic rings. The number of hydrogen-bond donors (Lipinski definition) is 1. The molecular weight excluding hydrogens is 401 g/mol. The van der Waals surface area contributed by atoms with Crippen LogP contribution in [0.1, 0.15) is 24.1 Å². The Labute approximate surface area is 171 Å². The molecule has 4 fully saturated rings. The first kappa shape index (κ1) is 19.6. The van der Waals surface area contributed by atoms with E-state index in [1.54, 1.807) is 4.90 Å². The molecule has 2 spiro atoms. The number of nitrogens with zero attached hydrogens (tertiary/aromatic N) is 3. The number of nitrogens with one attached hydrogen (secondary N) is 1. The molecule has 3 saturated heterocycles. The molecule has 1 saturated carbocycles. The maximum absolute atomic E-state index is 12.6. The van der Waals surface area contributed by atoms with Gasteiger partial charge in [0.25, 0.3) is 0 Å². The Morgan fingerprint density at radius 2 is 1.90 bits per heavy atom. The largest absolute Gasteiger partial charge is 0.433 e. The number of alkyl halides is 3. The van der Waals surface area contributed by atoms with Gasteiger partial charge in [-0.2, -0.15) is 13.2 Å². The summed E-state index contributed by atoms with van der Waals surface area (Å²) in [6.45, 7) is 2.91. The van der Waals surface area contributed by atoms with E-state index in [0.717, 1.165) is 44.0 Å². The van der Waals surface area contributed by atoms with Crippen molar-refractivity contribution in [2.45, 2.75) is 31.0 Å². The highest BCUT2D eigenvalue weighted by Crippen LogP contribution is 2.53. The first-order valence-corrected chi connectivity index (χ1v) is 10.1. The molecule has 1 N–H and O–H groups in total. The van der Waals surface area contributed by atoms with Crippen LogP contribution in [-0.2, 0) is 22.1 Å². The summed E-state index contributed by atoms with van der Waals surface area (Å²) in [7, 11) is 0. The van der Waals surface area contributed by atoms with Crippen LogP contribution in [0.2, 0.25) is 0 Å². The standard InChI is InChI=1S/C20H23F3N4O3/c21-20(22,23)15-2-1-13(6-24-15)3-14-4-18(5-14)8-26(9-18)17(29)27-10-19(11-27)12-30-7-16(28)25-19/h1-2,6,14H,3-5,7-12H2,(H,25,28). The van der Waals surface area contributed by atoms with E-state index in [0.29, 0.717) is 25.6 Å². The Hall–Kier alpha value is -2.36. The summed E-state index contributed by atoms with van der Waals surface area (Å²) in [6.07, 6.45) is -0.420. The van der Waals surface area contributed by atoms with Gasteiger partial charge in [-0.1, -0.05) is 6.07 Å². The van der Waals surface area contributed by atoms with Crippen LogP contribution in [0.5, 0.6) is 0 Å². The van der Waals surface area contributed by atoms with Crippen molar-refractivity contribution in [2.75, 3.05) is 39.4 Å². The Bertz CT molecular complexity index is 853. The van der Waals surface area contributed by atoms with Crippen molar-refractivity contribution < 1.29 is 27.5 Å². The van der Waals surface area contributed by atoms with Gasteiger partial charge < -0.3 is 19.9 Å². The normalized spacial score (nSPS) is 24.8. The molecular formula is C20H23F3N4O3. The van der Waals surface area contributed by atoms with Crippen molar-refractivity contribution in [3.63, 3.8) is 0 Å². The number of aromatic nitrogens is 1. The summed E-state index contributed by atoms with van der Waals surface area (Å²) in [5.74, 6) is 0.280. The maximum Gasteiger partial charge on any atom is 0.433 e. The van der Waals surface area contributed by atoms with E-state index in [1.807, 2.05) is 4.90 Å². The Balaban J connectivity index is 1.06. The highest BCUT2D eigenvalue weighted by atomic mass is 19.4. The lowest BCUT2D eigenvalue weighted by Gasteiger charge is -2.61. The highest BCUT2D eigenvalue weighted by molar-refractivity contribution is 5.81. The predicted octanol–water partition coefficient (Wildman–Crippen LogP) is 1.68. The van der Waals surface area contributed by atoms with E-state index >= 15 is 0 Å². The molecule has 0 aromatic carbocycles. The molecule has 0 radical (unpaired) electrons. The van der Waals surface area contributed by atoms with Crippen molar-refractivity contribution >= 4 is 11.9 Å². The third kappa shape index (κ3) is 3.40. The van der Waals surface area contributed by atoms with Gasteiger partial charge >= 0.3 is 12.2 Å². The Morgan fingerprint density at radius 1 is 1.20 bits per heavy atom. The first-order valence-electron chi connectivity index (χ1n) is 10.1. The minimum Gasteiger partial charge on any atom is -0.369 e. The molecule has 0 unspecified atom stereocenters. The summed E-state index contributed by atoms with van der Waals surface area (Å²) in [6, 6.07) is 2.54. The van der Waals surface area contributed by atoms with Crippen molar-refractivity contribution in [1.29, 1.82) is 0 Å². The molecule has 30 heavy (non-hydrogen) atoms. The number of hydrogen-bond acceptors (Lipinski definition) is 4. The fourth-order valence-corrected chi connectivity index (χ4v) is 5.41. The minimum atomic E-state index is -4.41. The van der Waals surface area contributed by atoms with Gasteiger partial charge in [-0.25, -0.2) is 4.79 Å². The maximum atomic E-state index is 12.6. The van der Waals surface area contributed by atoms with Crippen molar-refractivity contribution in [1.82, 2.24) is 20.1 Å². The Morgan fingerprint density at radius 3 is 2.50 bits per heavy atom. The van der Waals surface area contributed by atoms with Gasteiger partial charge in [-0.3, -0.25) is 9.78 Å². The van der Waals surface area contributed by atoms with Gasteiger partial charge in [0, 0.05) is 37.8 Å². The fraction of sp³-hybridized carbons (Fsp3) is 0.650. The SMILES string of the molecule is O=C1COCC2(CN(C(=O)N3CC4(CC(Cc5ccc(C(F)(F)F)nc5)C4)C3)C2)N1. The quantitative estimate of drug-likeness (QED) is 0.784.